The largest absolute Gasteiger partial charge is 0.508 e. The molecule has 57 heavy (non-hydrogen) atoms. The predicted molar refractivity (Wildman–Crippen MR) is 217 cm³/mol. The van der Waals surface area contributed by atoms with Crippen molar-refractivity contribution in [2.75, 3.05) is 44.5 Å². The van der Waals surface area contributed by atoms with Crippen molar-refractivity contribution in [1.29, 1.82) is 0 Å². The quantitative estimate of drug-likeness (QED) is 0.182. The van der Waals surface area contributed by atoms with Gasteiger partial charge < -0.3 is 33.4 Å². The number of amides is 2. The van der Waals surface area contributed by atoms with E-state index in [0.717, 1.165) is 48.1 Å². The van der Waals surface area contributed by atoms with Crippen LogP contribution in [0.15, 0.2) is 97.2 Å². The van der Waals surface area contributed by atoms with Gasteiger partial charge in [-0.1, -0.05) is 24.3 Å². The molecule has 2 amide bonds. The molecule has 2 aromatic heterocycles. The van der Waals surface area contributed by atoms with Gasteiger partial charge in [-0.15, -0.1) is 0 Å². The number of anilines is 2. The highest BCUT2D eigenvalue weighted by molar-refractivity contribution is 6.13. The lowest BCUT2D eigenvalue weighted by atomic mass is 9.92. The summed E-state index contributed by atoms with van der Waals surface area (Å²) in [6.07, 6.45) is 5.12. The molecule has 0 saturated carbocycles. The first-order valence-corrected chi connectivity index (χ1v) is 19.8. The van der Waals surface area contributed by atoms with Crippen molar-refractivity contribution in [2.24, 2.45) is 7.05 Å². The number of phenolic OH excluding ortho intramolecular Hbond substituents is 1. The number of rotatable bonds is 7. The maximum absolute atomic E-state index is 15.3. The summed E-state index contributed by atoms with van der Waals surface area (Å²) >= 11 is 0. The Kier molecular flexibility index (Phi) is 8.41. The zero-order valence-corrected chi connectivity index (χ0v) is 31.8. The summed E-state index contributed by atoms with van der Waals surface area (Å²) in [6, 6.07) is 27.9. The number of aromatic nitrogens is 2. The summed E-state index contributed by atoms with van der Waals surface area (Å²) < 4.78 is 37.7. The van der Waals surface area contributed by atoms with Crippen LogP contribution in [0.5, 0.6) is 17.2 Å². The standard InChI is InChI=1S/C46H45N5O6/c1-47-17-15-31-23-34(11-14-40(31)47)51(33-9-12-36(52)13-10-33)46(54)39-24-42(49-16-5-4-8-41(39)49)37-25-43-44(57-29-56-43)26-38(37)45(53)50-27-32-7-3-2-6-30(32)22-35(50)28-48-18-20-55-21-19-48/h2-3,6-7,9-15,17,23-26,35,52H,4-5,8,16,18-22,27-29H2,1H3/t35-/m0/s1/i29D2. The molecule has 0 bridgehead atoms. The molecule has 1 fully saturated rings. The molecule has 1 atom stereocenters. The van der Waals surface area contributed by atoms with Gasteiger partial charge in [0.05, 0.1) is 24.3 Å². The zero-order chi connectivity index (χ0) is 40.4. The molecule has 0 radical (unpaired) electrons. The van der Waals surface area contributed by atoms with Crippen LogP contribution in [0.3, 0.4) is 0 Å². The third-order valence-electron chi connectivity index (χ3n) is 12.0. The summed E-state index contributed by atoms with van der Waals surface area (Å²) in [6.45, 7) is 2.21. The number of ether oxygens (including phenoxy) is 3. The fraction of sp³-hybridized carbons (Fsp3) is 0.304. The molecule has 11 nitrogen and oxygen atoms in total. The molecule has 4 aromatic carbocycles. The molecule has 6 heterocycles. The lowest BCUT2D eigenvalue weighted by Gasteiger charge is -2.40. The van der Waals surface area contributed by atoms with Gasteiger partial charge in [-0.2, -0.15) is 0 Å². The van der Waals surface area contributed by atoms with Crippen LogP contribution in [-0.2, 0) is 37.7 Å². The van der Waals surface area contributed by atoms with E-state index in [9.17, 15) is 5.11 Å². The van der Waals surface area contributed by atoms with Crippen LogP contribution in [0, 0.1) is 0 Å². The minimum Gasteiger partial charge on any atom is -0.508 e. The Morgan fingerprint density at radius 2 is 1.63 bits per heavy atom. The third-order valence-corrected chi connectivity index (χ3v) is 12.0. The number of phenols is 1. The fourth-order valence-electron chi connectivity index (χ4n) is 9.04. The molecule has 4 aliphatic heterocycles. The Balaban J connectivity index is 1.10. The van der Waals surface area contributed by atoms with Crippen molar-refractivity contribution in [1.82, 2.24) is 18.9 Å². The van der Waals surface area contributed by atoms with Crippen molar-refractivity contribution >= 4 is 34.1 Å². The number of fused-ring (bicyclic) bond motifs is 4. The Hall–Kier alpha value is -6.04. The van der Waals surface area contributed by atoms with Gasteiger partial charge in [0.25, 0.3) is 11.8 Å². The van der Waals surface area contributed by atoms with E-state index in [1.807, 2.05) is 65.2 Å². The van der Waals surface area contributed by atoms with Gasteiger partial charge in [0.1, 0.15) is 8.49 Å². The number of carbonyl (C=O) groups excluding carboxylic acids is 2. The normalized spacial score (nSPS) is 19.1. The molecule has 290 valence electrons. The Bertz CT molecular complexity index is 2610. The molecule has 1 N–H and O–H groups in total. The van der Waals surface area contributed by atoms with Crippen LogP contribution in [-0.4, -0.2) is 81.5 Å². The Labute approximate surface area is 334 Å². The van der Waals surface area contributed by atoms with Crippen LogP contribution in [0.4, 0.5) is 11.4 Å². The number of carbonyl (C=O) groups is 2. The van der Waals surface area contributed by atoms with E-state index in [2.05, 4.69) is 21.6 Å². The Morgan fingerprint density at radius 1 is 0.860 bits per heavy atom. The molecule has 0 spiro atoms. The van der Waals surface area contributed by atoms with Gasteiger partial charge in [0.2, 0.25) is 6.75 Å². The van der Waals surface area contributed by atoms with Gasteiger partial charge in [-0.05, 0) is 104 Å². The van der Waals surface area contributed by atoms with Crippen molar-refractivity contribution < 1.29 is 31.6 Å². The first-order valence-electron chi connectivity index (χ1n) is 20.8. The SMILES string of the molecule is [2H]C1([2H])Oc2cc(C(=O)N3Cc4ccccc4C[C@H]3CN3CCOCC3)c(-c3cc(C(=O)N(c4ccc(O)cc4)c4ccc5c(ccn5C)c4)c4n3CCCC4)cc2O1. The molecular formula is C46H45N5O6. The zero-order valence-electron chi connectivity index (χ0n) is 33.8. The highest BCUT2D eigenvalue weighted by Gasteiger charge is 2.36. The summed E-state index contributed by atoms with van der Waals surface area (Å²) in [5.74, 6) is -0.00645. The number of benzene rings is 4. The lowest BCUT2D eigenvalue weighted by molar-refractivity contribution is 0.0193. The van der Waals surface area contributed by atoms with Crippen LogP contribution in [0.2, 0.25) is 0 Å². The van der Waals surface area contributed by atoms with Crippen LogP contribution >= 0.6 is 0 Å². The average Bonchev–Trinajstić information content (AvgIpc) is 3.91. The van der Waals surface area contributed by atoms with E-state index in [-0.39, 0.29) is 35.1 Å². The van der Waals surface area contributed by atoms with Gasteiger partial charge in [0.15, 0.2) is 11.5 Å². The highest BCUT2D eigenvalue weighted by Crippen LogP contribution is 2.43. The second-order valence-electron chi connectivity index (χ2n) is 15.4. The van der Waals surface area contributed by atoms with Gasteiger partial charge >= 0.3 is 0 Å². The van der Waals surface area contributed by atoms with E-state index in [1.54, 1.807) is 41.3 Å². The fourth-order valence-corrected chi connectivity index (χ4v) is 9.04. The molecule has 0 unspecified atom stereocenters. The third kappa shape index (κ3) is 6.40. The van der Waals surface area contributed by atoms with Crippen LogP contribution in [0.1, 0.15) is 53.1 Å². The number of morpholine rings is 1. The van der Waals surface area contributed by atoms with Crippen molar-refractivity contribution in [3.8, 4) is 28.5 Å². The minimum absolute atomic E-state index is 0.0944. The maximum atomic E-state index is 15.3. The van der Waals surface area contributed by atoms with Crippen LogP contribution in [0.25, 0.3) is 22.2 Å². The smallest absolute Gasteiger partial charge is 0.264 e. The molecule has 11 heteroatoms. The minimum atomic E-state index is -2.41. The number of aryl methyl sites for hydroxylation is 1. The summed E-state index contributed by atoms with van der Waals surface area (Å²) in [5.41, 5.74) is 7.56. The monoisotopic (exact) mass is 765 g/mol. The molecule has 4 aliphatic rings. The molecule has 0 aliphatic carbocycles. The number of aromatic hydroxyl groups is 1. The van der Waals surface area contributed by atoms with Crippen molar-refractivity contribution in [3.05, 3.63) is 125 Å². The van der Waals surface area contributed by atoms with E-state index >= 15 is 9.59 Å². The molecule has 10 rings (SSSR count). The van der Waals surface area contributed by atoms with E-state index in [1.165, 1.54) is 5.56 Å². The van der Waals surface area contributed by atoms with Crippen molar-refractivity contribution in [2.45, 2.75) is 44.8 Å². The lowest BCUT2D eigenvalue weighted by Crippen LogP contribution is -2.52. The first kappa shape index (κ1) is 33.1. The van der Waals surface area contributed by atoms with E-state index in [4.69, 9.17) is 17.0 Å². The predicted octanol–water partition coefficient (Wildman–Crippen LogP) is 7.30. The summed E-state index contributed by atoms with van der Waals surface area (Å²) in [4.78, 5) is 36.6. The average molecular weight is 766 g/mol. The molecule has 6 aromatic rings. The Morgan fingerprint density at radius 3 is 2.46 bits per heavy atom. The first-order chi connectivity index (χ1) is 28.6. The number of hydrogen-bond acceptors (Lipinski definition) is 7. The van der Waals surface area contributed by atoms with Gasteiger partial charge in [-0.25, -0.2) is 0 Å². The second-order valence-corrected chi connectivity index (χ2v) is 15.4. The van der Waals surface area contributed by atoms with E-state index in [0.29, 0.717) is 79.4 Å². The number of nitrogens with zero attached hydrogens (tertiary/aromatic N) is 5. The summed E-state index contributed by atoms with van der Waals surface area (Å²) in [5, 5.41) is 11.2. The molecule has 1 saturated heterocycles. The topological polar surface area (TPSA) is 102 Å². The highest BCUT2D eigenvalue weighted by atomic mass is 16.7. The van der Waals surface area contributed by atoms with Crippen LogP contribution < -0.4 is 14.4 Å². The number of hydrogen-bond donors (Lipinski definition) is 1. The van der Waals surface area contributed by atoms with Gasteiger partial charge in [-0.3, -0.25) is 19.4 Å². The van der Waals surface area contributed by atoms with Crippen molar-refractivity contribution in [3.63, 3.8) is 0 Å². The van der Waals surface area contributed by atoms with Gasteiger partial charge in [0, 0.05) is 91.2 Å². The maximum Gasteiger partial charge on any atom is 0.264 e. The summed E-state index contributed by atoms with van der Waals surface area (Å²) in [7, 11) is 1.98. The van der Waals surface area contributed by atoms with E-state index < -0.39 is 6.75 Å². The second kappa shape index (κ2) is 14.5. The molecular weight excluding hydrogens is 719 g/mol.